The number of likely N-dealkylation sites (tertiary alicyclic amines) is 1. The average Bonchev–Trinajstić information content (AvgIpc) is 2.36. The molecule has 0 saturated carbocycles. The van der Waals surface area contributed by atoms with Gasteiger partial charge < -0.3 is 10.2 Å². The summed E-state index contributed by atoms with van der Waals surface area (Å²) in [7, 11) is 2.18. The monoisotopic (exact) mass is 328 g/mol. The minimum atomic E-state index is -0.199. The maximum atomic E-state index is 13.4. The molecule has 1 saturated heterocycles. The van der Waals surface area contributed by atoms with Crippen molar-refractivity contribution in [2.24, 2.45) is 5.92 Å². The van der Waals surface area contributed by atoms with Crippen molar-refractivity contribution in [2.45, 2.75) is 32.7 Å². The van der Waals surface area contributed by atoms with Crippen LogP contribution in [0.5, 0.6) is 0 Å². The Kier molecular flexibility index (Phi) is 4.85. The second-order valence-electron chi connectivity index (χ2n) is 5.65. The molecule has 1 aliphatic rings. The maximum Gasteiger partial charge on any atom is 0.137 e. The maximum absolute atomic E-state index is 13.4. The highest BCUT2D eigenvalue weighted by atomic mass is 79.9. The molecule has 1 fully saturated rings. The lowest BCUT2D eigenvalue weighted by Gasteiger charge is -2.33. The van der Waals surface area contributed by atoms with Crippen molar-refractivity contribution in [1.29, 1.82) is 0 Å². The fraction of sp³-hybridized carbons (Fsp3) is 0.600. The summed E-state index contributed by atoms with van der Waals surface area (Å²) in [4.78, 5) is 2.38. The van der Waals surface area contributed by atoms with Gasteiger partial charge in [-0.3, -0.25) is 0 Å². The molecule has 1 atom stereocenters. The molecule has 1 aromatic carbocycles. The van der Waals surface area contributed by atoms with Gasteiger partial charge in [0.15, 0.2) is 0 Å². The van der Waals surface area contributed by atoms with Crippen LogP contribution in [0.4, 0.5) is 10.1 Å². The molecule has 0 spiro atoms. The molecule has 0 bridgehead atoms. The van der Waals surface area contributed by atoms with Gasteiger partial charge in [-0.1, -0.05) is 0 Å². The third-order valence-electron chi connectivity index (χ3n) is 4.12. The zero-order valence-corrected chi connectivity index (χ0v) is 13.4. The Morgan fingerprint density at radius 1 is 1.37 bits per heavy atom. The summed E-state index contributed by atoms with van der Waals surface area (Å²) >= 11 is 3.25. The Hall–Kier alpha value is -0.610. The number of benzene rings is 1. The summed E-state index contributed by atoms with van der Waals surface area (Å²) in [6.45, 7) is 6.51. The molecule has 0 amide bonds. The molecule has 1 heterocycles. The third kappa shape index (κ3) is 3.69. The lowest BCUT2D eigenvalue weighted by molar-refractivity contribution is 0.208. The van der Waals surface area contributed by atoms with E-state index in [4.69, 9.17) is 0 Å². The topological polar surface area (TPSA) is 15.3 Å². The van der Waals surface area contributed by atoms with Crippen molar-refractivity contribution in [3.8, 4) is 0 Å². The van der Waals surface area contributed by atoms with Crippen molar-refractivity contribution >= 4 is 21.6 Å². The summed E-state index contributed by atoms with van der Waals surface area (Å²) in [6.07, 6.45) is 2.46. The molecule has 0 aromatic heterocycles. The van der Waals surface area contributed by atoms with Crippen LogP contribution in [0.1, 0.15) is 25.3 Å². The highest BCUT2D eigenvalue weighted by Gasteiger charge is 2.22. The number of hydrogen-bond donors (Lipinski definition) is 1. The van der Waals surface area contributed by atoms with Crippen molar-refractivity contribution in [3.05, 3.63) is 28.0 Å². The molecular formula is C15H22BrFN2. The van der Waals surface area contributed by atoms with Crippen LogP contribution in [-0.4, -0.2) is 31.1 Å². The van der Waals surface area contributed by atoms with E-state index in [1.807, 2.05) is 13.0 Å². The lowest BCUT2D eigenvalue weighted by atomic mass is 9.90. The summed E-state index contributed by atoms with van der Waals surface area (Å²) in [6, 6.07) is 3.84. The molecule has 0 aliphatic carbocycles. The first-order valence-electron chi connectivity index (χ1n) is 6.88. The predicted molar refractivity (Wildman–Crippen MR) is 82.1 cm³/mol. The molecule has 1 aliphatic heterocycles. The van der Waals surface area contributed by atoms with Gasteiger partial charge >= 0.3 is 0 Å². The first-order valence-corrected chi connectivity index (χ1v) is 7.67. The number of hydrogen-bond acceptors (Lipinski definition) is 2. The molecular weight excluding hydrogens is 307 g/mol. The Balaban J connectivity index is 2.02. The molecule has 106 valence electrons. The van der Waals surface area contributed by atoms with Crippen LogP contribution in [0.3, 0.4) is 0 Å². The van der Waals surface area contributed by atoms with Crippen LogP contribution in [-0.2, 0) is 0 Å². The largest absolute Gasteiger partial charge is 0.382 e. The minimum absolute atomic E-state index is 0.199. The number of nitrogens with zero attached hydrogens (tertiary/aromatic N) is 1. The van der Waals surface area contributed by atoms with Crippen molar-refractivity contribution < 1.29 is 4.39 Å². The second-order valence-corrected chi connectivity index (χ2v) is 6.51. The third-order valence-corrected chi connectivity index (χ3v) is 4.73. The molecule has 4 heteroatoms. The van der Waals surface area contributed by atoms with E-state index in [1.54, 1.807) is 6.07 Å². The lowest BCUT2D eigenvalue weighted by Crippen LogP contribution is -2.37. The first-order chi connectivity index (χ1) is 8.97. The first kappa shape index (κ1) is 14.8. The van der Waals surface area contributed by atoms with Crippen LogP contribution in [0.15, 0.2) is 16.6 Å². The molecule has 1 unspecified atom stereocenters. The molecule has 19 heavy (non-hydrogen) atoms. The predicted octanol–water partition coefficient (Wildman–Crippen LogP) is 4.04. The number of aryl methyl sites for hydroxylation is 1. The van der Waals surface area contributed by atoms with Crippen LogP contribution in [0.25, 0.3) is 0 Å². The second kappa shape index (κ2) is 6.23. The van der Waals surface area contributed by atoms with E-state index in [-0.39, 0.29) is 5.82 Å². The van der Waals surface area contributed by atoms with Gasteiger partial charge in [0.1, 0.15) is 5.82 Å². The zero-order chi connectivity index (χ0) is 14.0. The van der Waals surface area contributed by atoms with Gasteiger partial charge in [-0.25, -0.2) is 4.39 Å². The smallest absolute Gasteiger partial charge is 0.137 e. The number of nitrogens with one attached hydrogen (secondary N) is 1. The highest BCUT2D eigenvalue weighted by molar-refractivity contribution is 9.10. The van der Waals surface area contributed by atoms with Crippen molar-refractivity contribution in [3.63, 3.8) is 0 Å². The van der Waals surface area contributed by atoms with E-state index in [1.165, 1.54) is 25.9 Å². The van der Waals surface area contributed by atoms with E-state index in [9.17, 15) is 4.39 Å². The van der Waals surface area contributed by atoms with Gasteiger partial charge in [0, 0.05) is 11.7 Å². The standard InChI is InChI=1S/C15H22BrFN2/c1-10-8-14(17)13(16)9-15(10)18-11(2)12-4-6-19(3)7-5-12/h8-9,11-12,18H,4-7H2,1-3H3. The number of halogens is 2. The van der Waals surface area contributed by atoms with Crippen molar-refractivity contribution in [2.75, 3.05) is 25.5 Å². The molecule has 0 radical (unpaired) electrons. The summed E-state index contributed by atoms with van der Waals surface area (Å²) in [5.74, 6) is 0.495. The molecule has 1 aromatic rings. The normalized spacial score (nSPS) is 19.4. The minimum Gasteiger partial charge on any atom is -0.382 e. The van der Waals surface area contributed by atoms with Crippen LogP contribution in [0.2, 0.25) is 0 Å². The zero-order valence-electron chi connectivity index (χ0n) is 11.8. The average molecular weight is 329 g/mol. The van der Waals surface area contributed by atoms with E-state index < -0.39 is 0 Å². The fourth-order valence-electron chi connectivity index (χ4n) is 2.69. The van der Waals surface area contributed by atoms with Crippen LogP contribution in [0, 0.1) is 18.7 Å². The number of anilines is 1. The van der Waals surface area contributed by atoms with Crippen LogP contribution < -0.4 is 5.32 Å². The fourth-order valence-corrected chi connectivity index (χ4v) is 3.04. The quantitative estimate of drug-likeness (QED) is 0.900. The van der Waals surface area contributed by atoms with Gasteiger partial charge in [0.2, 0.25) is 0 Å². The Bertz CT molecular complexity index is 442. The van der Waals surface area contributed by atoms with E-state index in [2.05, 4.69) is 40.1 Å². The van der Waals surface area contributed by atoms with E-state index in [0.717, 1.165) is 11.3 Å². The Morgan fingerprint density at radius 3 is 2.63 bits per heavy atom. The Labute approximate surface area is 123 Å². The van der Waals surface area contributed by atoms with Gasteiger partial charge in [0.05, 0.1) is 4.47 Å². The van der Waals surface area contributed by atoms with Crippen LogP contribution >= 0.6 is 15.9 Å². The van der Waals surface area contributed by atoms with Gasteiger partial charge in [-0.15, -0.1) is 0 Å². The van der Waals surface area contributed by atoms with E-state index >= 15 is 0 Å². The Morgan fingerprint density at radius 2 is 2.00 bits per heavy atom. The number of piperidine rings is 1. The van der Waals surface area contributed by atoms with Crippen molar-refractivity contribution in [1.82, 2.24) is 4.90 Å². The van der Waals surface area contributed by atoms with Gasteiger partial charge in [-0.2, -0.15) is 0 Å². The highest BCUT2D eigenvalue weighted by Crippen LogP contribution is 2.27. The number of rotatable bonds is 3. The summed E-state index contributed by atoms with van der Waals surface area (Å²) in [5, 5.41) is 3.55. The summed E-state index contributed by atoms with van der Waals surface area (Å²) < 4.78 is 13.9. The SMILES string of the molecule is Cc1cc(F)c(Br)cc1NC(C)C1CCN(C)CC1. The van der Waals surface area contributed by atoms with Gasteiger partial charge in [-0.05, 0) is 86.4 Å². The summed E-state index contributed by atoms with van der Waals surface area (Å²) in [5.41, 5.74) is 1.99. The molecule has 1 N–H and O–H groups in total. The molecule has 2 nitrogen and oxygen atoms in total. The van der Waals surface area contributed by atoms with E-state index in [0.29, 0.717) is 16.4 Å². The van der Waals surface area contributed by atoms with Gasteiger partial charge in [0.25, 0.3) is 0 Å². The molecule has 2 rings (SSSR count).